The second kappa shape index (κ2) is 9.54. The Labute approximate surface area is 132 Å². The van der Waals surface area contributed by atoms with Crippen LogP contribution in [0.5, 0.6) is 0 Å². The van der Waals surface area contributed by atoms with Gasteiger partial charge in [-0.3, -0.25) is 0 Å². The number of carbonyl (C=O) groups is 2. The van der Waals surface area contributed by atoms with Gasteiger partial charge in [-0.15, -0.1) is 0 Å². The molecule has 0 saturated heterocycles. The molecule has 0 unspecified atom stereocenters. The molecule has 6 nitrogen and oxygen atoms in total. The van der Waals surface area contributed by atoms with Gasteiger partial charge in [-0.05, 0) is 25.7 Å². The zero-order valence-corrected chi connectivity index (χ0v) is 13.4. The van der Waals surface area contributed by atoms with Crippen LogP contribution in [0.3, 0.4) is 0 Å². The number of urea groups is 1. The summed E-state index contributed by atoms with van der Waals surface area (Å²) >= 11 is 0. The van der Waals surface area contributed by atoms with Gasteiger partial charge >= 0.3 is 12.1 Å². The van der Waals surface area contributed by atoms with Crippen molar-refractivity contribution in [2.75, 3.05) is 13.2 Å². The van der Waals surface area contributed by atoms with E-state index in [2.05, 4.69) is 16.0 Å². The number of hydrogen-bond donors (Lipinski definition) is 3. The number of nitrogens with one attached hydrogen (secondary N) is 3. The second-order valence-electron chi connectivity index (χ2n) is 6.35. The fourth-order valence-electron chi connectivity index (χ4n) is 3.25. The first-order valence-corrected chi connectivity index (χ1v) is 8.71. The third kappa shape index (κ3) is 6.54. The number of rotatable bonds is 5. The second-order valence-corrected chi connectivity index (χ2v) is 6.35. The molecule has 2 saturated carbocycles. The predicted octanol–water partition coefficient (Wildman–Crippen LogP) is 2.68. The maximum absolute atomic E-state index is 11.7. The van der Waals surface area contributed by atoms with E-state index in [0.717, 1.165) is 25.7 Å². The molecule has 0 bridgehead atoms. The molecule has 3 N–H and O–H groups in total. The van der Waals surface area contributed by atoms with Crippen molar-refractivity contribution in [1.82, 2.24) is 16.0 Å². The Balaban J connectivity index is 1.48. The first-order chi connectivity index (χ1) is 10.7. The largest absolute Gasteiger partial charge is 0.448 e. The lowest BCUT2D eigenvalue weighted by Crippen LogP contribution is -2.44. The summed E-state index contributed by atoms with van der Waals surface area (Å²) in [6.07, 6.45) is 11.1. The molecular formula is C16H29N3O3. The summed E-state index contributed by atoms with van der Waals surface area (Å²) in [6, 6.07) is 0.385. The molecule has 0 spiro atoms. The van der Waals surface area contributed by atoms with E-state index in [1.807, 2.05) is 0 Å². The lowest BCUT2D eigenvalue weighted by atomic mass is 9.96. The normalized spacial score (nSPS) is 20.2. The summed E-state index contributed by atoms with van der Waals surface area (Å²) in [7, 11) is 0. The van der Waals surface area contributed by atoms with E-state index in [1.165, 1.54) is 38.5 Å². The van der Waals surface area contributed by atoms with Crippen LogP contribution in [-0.2, 0) is 4.74 Å². The molecule has 22 heavy (non-hydrogen) atoms. The van der Waals surface area contributed by atoms with Crippen LogP contribution < -0.4 is 16.0 Å². The molecule has 0 heterocycles. The minimum atomic E-state index is -0.374. The Morgan fingerprint density at radius 3 is 1.95 bits per heavy atom. The number of amides is 3. The van der Waals surface area contributed by atoms with E-state index in [-0.39, 0.29) is 24.8 Å². The molecule has 6 heteroatoms. The molecule has 0 aromatic carbocycles. The van der Waals surface area contributed by atoms with Crippen LogP contribution in [0, 0.1) is 0 Å². The molecule has 2 aliphatic carbocycles. The summed E-state index contributed by atoms with van der Waals surface area (Å²) in [5.41, 5.74) is 0. The van der Waals surface area contributed by atoms with Crippen LogP contribution in [0.25, 0.3) is 0 Å². The van der Waals surface area contributed by atoms with Crippen LogP contribution in [-0.4, -0.2) is 37.4 Å². The SMILES string of the molecule is O=C(NCCOC(=O)NC1CCCCC1)NC1CCCCC1. The molecule has 0 aromatic rings. The van der Waals surface area contributed by atoms with Gasteiger partial charge in [0.25, 0.3) is 0 Å². The molecule has 3 amide bonds. The average Bonchev–Trinajstić information content (AvgIpc) is 2.53. The Morgan fingerprint density at radius 2 is 1.36 bits per heavy atom. The van der Waals surface area contributed by atoms with E-state index >= 15 is 0 Å². The fourth-order valence-corrected chi connectivity index (χ4v) is 3.25. The van der Waals surface area contributed by atoms with Crippen molar-refractivity contribution < 1.29 is 14.3 Å². The van der Waals surface area contributed by atoms with E-state index < -0.39 is 0 Å². The van der Waals surface area contributed by atoms with Gasteiger partial charge in [0, 0.05) is 12.1 Å². The molecule has 0 aliphatic heterocycles. The highest BCUT2D eigenvalue weighted by molar-refractivity contribution is 5.74. The van der Waals surface area contributed by atoms with Crippen LogP contribution in [0.4, 0.5) is 9.59 Å². The Bertz CT molecular complexity index is 317. The number of carbonyl (C=O) groups excluding carboxylic acids is 2. The molecule has 2 fully saturated rings. The molecule has 0 aromatic heterocycles. The molecule has 126 valence electrons. The van der Waals surface area contributed by atoms with Crippen LogP contribution in [0.1, 0.15) is 64.2 Å². The summed E-state index contributed by atoms with van der Waals surface area (Å²) in [4.78, 5) is 23.3. The maximum Gasteiger partial charge on any atom is 0.407 e. The standard InChI is InChI=1S/C16H29N3O3/c20-15(18-13-7-3-1-4-8-13)17-11-12-22-16(21)19-14-9-5-2-6-10-14/h13-14H,1-12H2,(H,19,21)(H2,17,18,20). The van der Waals surface area contributed by atoms with Gasteiger partial charge in [0.05, 0.1) is 6.54 Å². The highest BCUT2D eigenvalue weighted by Gasteiger charge is 2.17. The van der Waals surface area contributed by atoms with E-state index in [4.69, 9.17) is 4.74 Å². The number of alkyl carbamates (subject to hydrolysis) is 1. The van der Waals surface area contributed by atoms with Crippen molar-refractivity contribution in [2.24, 2.45) is 0 Å². The molecule has 0 atom stereocenters. The smallest absolute Gasteiger partial charge is 0.407 e. The third-order valence-corrected chi connectivity index (χ3v) is 4.49. The van der Waals surface area contributed by atoms with Gasteiger partial charge in [-0.1, -0.05) is 38.5 Å². The first-order valence-electron chi connectivity index (χ1n) is 8.71. The van der Waals surface area contributed by atoms with Crippen molar-refractivity contribution >= 4 is 12.1 Å². The Kier molecular flexibility index (Phi) is 7.33. The van der Waals surface area contributed by atoms with Gasteiger partial charge in [0.2, 0.25) is 0 Å². The maximum atomic E-state index is 11.7. The minimum absolute atomic E-state index is 0.164. The van der Waals surface area contributed by atoms with Crippen LogP contribution in [0.2, 0.25) is 0 Å². The zero-order valence-electron chi connectivity index (χ0n) is 13.4. The molecule has 2 aliphatic rings. The van der Waals surface area contributed by atoms with Crippen molar-refractivity contribution in [2.45, 2.75) is 76.3 Å². The lowest BCUT2D eigenvalue weighted by Gasteiger charge is -2.23. The highest BCUT2D eigenvalue weighted by Crippen LogP contribution is 2.17. The minimum Gasteiger partial charge on any atom is -0.448 e. The van der Waals surface area contributed by atoms with Crippen LogP contribution in [0.15, 0.2) is 0 Å². The topological polar surface area (TPSA) is 79.5 Å². The van der Waals surface area contributed by atoms with Crippen molar-refractivity contribution in [3.63, 3.8) is 0 Å². The molecule has 0 radical (unpaired) electrons. The van der Waals surface area contributed by atoms with Gasteiger partial charge < -0.3 is 20.7 Å². The lowest BCUT2D eigenvalue weighted by molar-refractivity contribution is 0.140. The zero-order chi connectivity index (χ0) is 15.6. The van der Waals surface area contributed by atoms with Gasteiger partial charge in [0.15, 0.2) is 0 Å². The van der Waals surface area contributed by atoms with E-state index in [9.17, 15) is 9.59 Å². The first kappa shape index (κ1) is 16.9. The van der Waals surface area contributed by atoms with Gasteiger partial charge in [-0.25, -0.2) is 9.59 Å². The summed E-state index contributed by atoms with van der Waals surface area (Å²) < 4.78 is 5.09. The van der Waals surface area contributed by atoms with Gasteiger partial charge in [0.1, 0.15) is 6.61 Å². The van der Waals surface area contributed by atoms with E-state index in [1.54, 1.807) is 0 Å². The summed E-state index contributed by atoms with van der Waals surface area (Å²) in [5.74, 6) is 0. The van der Waals surface area contributed by atoms with Crippen LogP contribution >= 0.6 is 0 Å². The number of hydrogen-bond acceptors (Lipinski definition) is 3. The fraction of sp³-hybridized carbons (Fsp3) is 0.875. The van der Waals surface area contributed by atoms with Crippen molar-refractivity contribution in [3.05, 3.63) is 0 Å². The summed E-state index contributed by atoms with van der Waals surface area (Å²) in [6.45, 7) is 0.549. The van der Waals surface area contributed by atoms with E-state index in [0.29, 0.717) is 12.6 Å². The average molecular weight is 311 g/mol. The summed E-state index contributed by atoms with van der Waals surface area (Å²) in [5, 5.41) is 8.58. The van der Waals surface area contributed by atoms with Crippen molar-refractivity contribution in [3.8, 4) is 0 Å². The Morgan fingerprint density at radius 1 is 0.818 bits per heavy atom. The van der Waals surface area contributed by atoms with Crippen molar-refractivity contribution in [1.29, 1.82) is 0 Å². The third-order valence-electron chi connectivity index (χ3n) is 4.49. The highest BCUT2D eigenvalue weighted by atomic mass is 16.5. The molecular weight excluding hydrogens is 282 g/mol. The monoisotopic (exact) mass is 311 g/mol. The predicted molar refractivity (Wildman–Crippen MR) is 84.8 cm³/mol. The Hall–Kier alpha value is -1.46. The molecule has 2 rings (SSSR count). The van der Waals surface area contributed by atoms with Gasteiger partial charge in [-0.2, -0.15) is 0 Å². The number of ether oxygens (including phenoxy) is 1. The quantitative estimate of drug-likeness (QED) is 0.683.